The third-order valence-electron chi connectivity index (χ3n) is 3.84. The number of nitriles is 1. The summed E-state index contributed by atoms with van der Waals surface area (Å²) < 4.78 is 37.3. The first-order chi connectivity index (χ1) is 12.0. The molecule has 0 atom stereocenters. The number of sulfone groups is 1. The lowest BCUT2D eigenvalue weighted by Crippen LogP contribution is -2.11. The van der Waals surface area contributed by atoms with Gasteiger partial charge in [-0.1, -0.05) is 6.92 Å². The van der Waals surface area contributed by atoms with Crippen molar-refractivity contribution in [1.29, 1.82) is 5.26 Å². The van der Waals surface area contributed by atoms with Gasteiger partial charge in [-0.2, -0.15) is 5.26 Å². The van der Waals surface area contributed by atoms with Crippen molar-refractivity contribution in [1.82, 2.24) is 14.5 Å². The summed E-state index contributed by atoms with van der Waals surface area (Å²) in [5, 5.41) is 8.85. The predicted molar refractivity (Wildman–Crippen MR) is 87.5 cm³/mol. The molecule has 2 aromatic heterocycles. The number of pyridine rings is 1. The van der Waals surface area contributed by atoms with Gasteiger partial charge in [-0.3, -0.25) is 4.98 Å². The summed E-state index contributed by atoms with van der Waals surface area (Å²) in [5.74, 6) is 0.304. The van der Waals surface area contributed by atoms with E-state index in [2.05, 4.69) is 9.97 Å². The van der Waals surface area contributed by atoms with Crippen LogP contribution in [-0.2, 0) is 32.8 Å². The van der Waals surface area contributed by atoms with Crippen molar-refractivity contribution in [2.45, 2.75) is 24.5 Å². The van der Waals surface area contributed by atoms with Crippen LogP contribution in [0.15, 0.2) is 35.9 Å². The van der Waals surface area contributed by atoms with E-state index in [4.69, 9.17) is 14.7 Å². The number of imidazole rings is 1. The molecule has 0 saturated heterocycles. The second-order valence-corrected chi connectivity index (χ2v) is 7.62. The highest BCUT2D eigenvalue weighted by Crippen LogP contribution is 2.30. The van der Waals surface area contributed by atoms with Gasteiger partial charge in [0.1, 0.15) is 23.9 Å². The average molecular weight is 360 g/mol. The smallest absolute Gasteiger partial charge is 0.282 e. The fraction of sp³-hybridized carbons (Fsp3) is 0.312. The Morgan fingerprint density at radius 2 is 2.00 bits per heavy atom. The van der Waals surface area contributed by atoms with E-state index in [-0.39, 0.29) is 22.8 Å². The predicted octanol–water partition coefficient (Wildman–Crippen LogP) is 1.86. The standard InChI is InChI=1S/C16H16N4O4S/c1-3-25(21,22)13-8-11(4-5-17)9-18-14(13)15-19-10-12(20(15)2)16-23-6-7-24-16/h6-10,16H,3-4H2,1-2H3. The molecule has 0 bridgehead atoms. The zero-order valence-corrected chi connectivity index (χ0v) is 14.5. The fourth-order valence-electron chi connectivity index (χ4n) is 2.47. The minimum atomic E-state index is -3.54. The van der Waals surface area contributed by atoms with E-state index in [1.54, 1.807) is 24.7 Å². The Hall–Kier alpha value is -2.86. The Morgan fingerprint density at radius 1 is 1.28 bits per heavy atom. The molecule has 0 fully saturated rings. The second-order valence-electron chi connectivity index (χ2n) is 5.37. The normalized spacial score (nSPS) is 14.1. The van der Waals surface area contributed by atoms with Crippen LogP contribution >= 0.6 is 0 Å². The van der Waals surface area contributed by atoms with Crippen molar-refractivity contribution in [3.8, 4) is 17.6 Å². The maximum Gasteiger partial charge on any atom is 0.282 e. The van der Waals surface area contributed by atoms with Crippen LogP contribution < -0.4 is 0 Å². The summed E-state index contributed by atoms with van der Waals surface area (Å²) in [6.45, 7) is 1.56. The van der Waals surface area contributed by atoms with Crippen molar-refractivity contribution in [2.24, 2.45) is 7.05 Å². The Morgan fingerprint density at radius 3 is 2.64 bits per heavy atom. The molecule has 1 aliphatic rings. The molecule has 0 unspecified atom stereocenters. The van der Waals surface area contributed by atoms with Crippen molar-refractivity contribution in [2.75, 3.05) is 5.75 Å². The van der Waals surface area contributed by atoms with E-state index in [1.165, 1.54) is 24.8 Å². The molecule has 130 valence electrons. The number of rotatable bonds is 5. The van der Waals surface area contributed by atoms with Crippen LogP contribution in [0, 0.1) is 11.3 Å². The summed E-state index contributed by atoms with van der Waals surface area (Å²) in [6.07, 6.45) is 5.36. The Labute approximate surface area is 145 Å². The van der Waals surface area contributed by atoms with Gasteiger partial charge in [0.2, 0.25) is 0 Å². The molecule has 3 heterocycles. The van der Waals surface area contributed by atoms with Crippen molar-refractivity contribution < 1.29 is 17.9 Å². The van der Waals surface area contributed by atoms with E-state index in [0.717, 1.165) is 0 Å². The van der Waals surface area contributed by atoms with Crippen LogP contribution in [0.2, 0.25) is 0 Å². The van der Waals surface area contributed by atoms with Gasteiger partial charge in [0.25, 0.3) is 6.29 Å². The molecule has 3 rings (SSSR count). The third kappa shape index (κ3) is 3.08. The zero-order chi connectivity index (χ0) is 18.0. The summed E-state index contributed by atoms with van der Waals surface area (Å²) in [7, 11) is -1.81. The van der Waals surface area contributed by atoms with Crippen LogP contribution in [0.1, 0.15) is 24.5 Å². The number of aromatic nitrogens is 3. The van der Waals surface area contributed by atoms with Gasteiger partial charge >= 0.3 is 0 Å². The Kier molecular flexibility index (Phi) is 4.46. The summed E-state index contributed by atoms with van der Waals surface area (Å²) in [6, 6.07) is 3.49. The highest BCUT2D eigenvalue weighted by molar-refractivity contribution is 7.91. The lowest BCUT2D eigenvalue weighted by atomic mass is 10.2. The van der Waals surface area contributed by atoms with Gasteiger partial charge in [-0.05, 0) is 11.6 Å². The molecule has 0 saturated carbocycles. The van der Waals surface area contributed by atoms with Gasteiger partial charge in [0, 0.05) is 13.2 Å². The van der Waals surface area contributed by atoms with Gasteiger partial charge in [0.15, 0.2) is 15.7 Å². The maximum atomic E-state index is 12.5. The third-order valence-corrected chi connectivity index (χ3v) is 5.59. The molecule has 1 aliphatic heterocycles. The monoisotopic (exact) mass is 360 g/mol. The largest absolute Gasteiger partial charge is 0.454 e. The Balaban J connectivity index is 2.13. The molecular formula is C16H16N4O4S. The number of hydrogen-bond acceptors (Lipinski definition) is 7. The molecule has 0 spiro atoms. The fourth-order valence-corrected chi connectivity index (χ4v) is 3.55. The van der Waals surface area contributed by atoms with Crippen LogP contribution in [0.5, 0.6) is 0 Å². The maximum absolute atomic E-state index is 12.5. The lowest BCUT2D eigenvalue weighted by molar-refractivity contribution is -0.0298. The first-order valence-electron chi connectivity index (χ1n) is 7.54. The minimum absolute atomic E-state index is 0.0642. The molecular weight excluding hydrogens is 344 g/mol. The summed E-state index contributed by atoms with van der Waals surface area (Å²) in [5.41, 5.74) is 1.41. The van der Waals surface area contributed by atoms with E-state index in [1.807, 2.05) is 6.07 Å². The van der Waals surface area contributed by atoms with Crippen LogP contribution in [0.3, 0.4) is 0 Å². The molecule has 2 aromatic rings. The van der Waals surface area contributed by atoms with Gasteiger partial charge in [0.05, 0.1) is 29.3 Å². The molecule has 8 nitrogen and oxygen atoms in total. The summed E-state index contributed by atoms with van der Waals surface area (Å²) >= 11 is 0. The van der Waals surface area contributed by atoms with E-state index in [0.29, 0.717) is 17.1 Å². The van der Waals surface area contributed by atoms with Gasteiger partial charge < -0.3 is 14.0 Å². The van der Waals surface area contributed by atoms with Crippen LogP contribution in [-0.4, -0.2) is 28.7 Å². The zero-order valence-electron chi connectivity index (χ0n) is 13.7. The molecule has 0 aromatic carbocycles. The van der Waals surface area contributed by atoms with Gasteiger partial charge in [-0.25, -0.2) is 13.4 Å². The van der Waals surface area contributed by atoms with Gasteiger partial charge in [-0.15, -0.1) is 0 Å². The Bertz CT molecular complexity index is 965. The average Bonchev–Trinajstić information content (AvgIpc) is 3.25. The van der Waals surface area contributed by atoms with Crippen molar-refractivity contribution >= 4 is 9.84 Å². The van der Waals surface area contributed by atoms with Crippen molar-refractivity contribution in [3.63, 3.8) is 0 Å². The highest BCUT2D eigenvalue weighted by Gasteiger charge is 2.26. The number of nitrogens with zero attached hydrogens (tertiary/aromatic N) is 4. The van der Waals surface area contributed by atoms with Crippen LogP contribution in [0.4, 0.5) is 0 Å². The molecule has 0 N–H and O–H groups in total. The van der Waals surface area contributed by atoms with E-state index in [9.17, 15) is 8.42 Å². The molecule has 9 heteroatoms. The molecule has 0 amide bonds. The topological polar surface area (TPSA) is 107 Å². The first-order valence-corrected chi connectivity index (χ1v) is 9.19. The molecule has 0 radical (unpaired) electrons. The molecule has 0 aliphatic carbocycles. The quantitative estimate of drug-likeness (QED) is 0.801. The molecule has 25 heavy (non-hydrogen) atoms. The van der Waals surface area contributed by atoms with E-state index < -0.39 is 16.1 Å². The van der Waals surface area contributed by atoms with E-state index >= 15 is 0 Å². The first kappa shape index (κ1) is 17.0. The van der Waals surface area contributed by atoms with Crippen molar-refractivity contribution in [3.05, 3.63) is 42.2 Å². The second kappa shape index (κ2) is 6.57. The minimum Gasteiger partial charge on any atom is -0.454 e. The number of hydrogen-bond donors (Lipinski definition) is 0. The summed E-state index contributed by atoms with van der Waals surface area (Å²) in [4.78, 5) is 8.63. The lowest BCUT2D eigenvalue weighted by Gasteiger charge is -2.13. The number of ether oxygens (including phenoxy) is 2. The SMILES string of the molecule is CCS(=O)(=O)c1cc(CC#N)cnc1-c1ncc(C2OC=CO2)n1C. The highest BCUT2D eigenvalue weighted by atomic mass is 32.2. The van der Waals surface area contributed by atoms with Crippen LogP contribution in [0.25, 0.3) is 11.5 Å².